The van der Waals surface area contributed by atoms with Crippen molar-refractivity contribution in [2.24, 2.45) is 11.1 Å². The largest absolute Gasteiger partial charge is 0.330 e. The molecule has 0 aliphatic heterocycles. The molecule has 0 spiro atoms. The zero-order valence-electron chi connectivity index (χ0n) is 12.2. The summed E-state index contributed by atoms with van der Waals surface area (Å²) in [6, 6.07) is 5.12. The molecule has 0 bridgehead atoms. The lowest BCUT2D eigenvalue weighted by Crippen LogP contribution is -2.40. The minimum Gasteiger partial charge on any atom is -0.330 e. The minimum atomic E-state index is -0.372. The van der Waals surface area contributed by atoms with E-state index in [-0.39, 0.29) is 22.3 Å². The SMILES string of the molecule is CCN(CC(C)(C)CN)C(C)c1ccc(F)c(Cl)c1. The molecule has 0 fully saturated rings. The van der Waals surface area contributed by atoms with Gasteiger partial charge in [-0.25, -0.2) is 4.39 Å². The number of rotatable bonds is 6. The van der Waals surface area contributed by atoms with Gasteiger partial charge in [0.1, 0.15) is 5.82 Å². The van der Waals surface area contributed by atoms with Gasteiger partial charge in [0.05, 0.1) is 5.02 Å². The van der Waals surface area contributed by atoms with Crippen LogP contribution in [0, 0.1) is 11.2 Å². The van der Waals surface area contributed by atoms with Gasteiger partial charge in [-0.15, -0.1) is 0 Å². The zero-order chi connectivity index (χ0) is 14.6. The number of hydrogen-bond donors (Lipinski definition) is 1. The third kappa shape index (κ3) is 4.44. The summed E-state index contributed by atoms with van der Waals surface area (Å²) in [6.45, 7) is 11.0. The van der Waals surface area contributed by atoms with Gasteiger partial charge >= 0.3 is 0 Å². The van der Waals surface area contributed by atoms with E-state index in [2.05, 4.69) is 32.6 Å². The van der Waals surface area contributed by atoms with E-state index in [1.54, 1.807) is 12.1 Å². The van der Waals surface area contributed by atoms with E-state index in [1.165, 1.54) is 6.07 Å². The first kappa shape index (κ1) is 16.4. The summed E-state index contributed by atoms with van der Waals surface area (Å²) < 4.78 is 13.2. The van der Waals surface area contributed by atoms with Crippen LogP contribution in [0.15, 0.2) is 18.2 Å². The molecule has 1 atom stereocenters. The molecule has 1 aromatic rings. The molecule has 0 aromatic heterocycles. The molecular formula is C15H24ClFN2. The van der Waals surface area contributed by atoms with E-state index in [4.69, 9.17) is 17.3 Å². The summed E-state index contributed by atoms with van der Waals surface area (Å²) >= 11 is 5.85. The molecule has 2 nitrogen and oxygen atoms in total. The van der Waals surface area contributed by atoms with Crippen LogP contribution in [0.3, 0.4) is 0 Å². The van der Waals surface area contributed by atoms with Crippen LogP contribution < -0.4 is 5.73 Å². The molecule has 0 saturated heterocycles. The van der Waals surface area contributed by atoms with Crippen LogP contribution in [-0.2, 0) is 0 Å². The van der Waals surface area contributed by atoms with Gasteiger partial charge in [0.2, 0.25) is 0 Å². The Morgan fingerprint density at radius 1 is 1.42 bits per heavy atom. The Hall–Kier alpha value is -0.640. The molecule has 108 valence electrons. The van der Waals surface area contributed by atoms with Gasteiger partial charge in [-0.05, 0) is 43.1 Å². The Morgan fingerprint density at radius 3 is 2.53 bits per heavy atom. The van der Waals surface area contributed by atoms with E-state index in [0.717, 1.165) is 18.7 Å². The highest BCUT2D eigenvalue weighted by atomic mass is 35.5. The monoisotopic (exact) mass is 286 g/mol. The third-order valence-electron chi connectivity index (χ3n) is 3.56. The summed E-state index contributed by atoms with van der Waals surface area (Å²) in [5, 5.41) is 0.179. The van der Waals surface area contributed by atoms with Crippen molar-refractivity contribution in [2.45, 2.75) is 33.7 Å². The average molecular weight is 287 g/mol. The lowest BCUT2D eigenvalue weighted by atomic mass is 9.92. The van der Waals surface area contributed by atoms with Crippen LogP contribution in [0.4, 0.5) is 4.39 Å². The van der Waals surface area contributed by atoms with Gasteiger partial charge in [-0.2, -0.15) is 0 Å². The predicted molar refractivity (Wildman–Crippen MR) is 79.9 cm³/mol. The molecule has 0 saturated carbocycles. The number of halogens is 2. The number of hydrogen-bond acceptors (Lipinski definition) is 2. The standard InChI is InChI=1S/C15H24ClFN2/c1-5-19(10-15(3,4)9-18)11(2)12-6-7-14(17)13(16)8-12/h6-8,11H,5,9-10,18H2,1-4H3. The van der Waals surface area contributed by atoms with Crippen LogP contribution >= 0.6 is 11.6 Å². The smallest absolute Gasteiger partial charge is 0.141 e. The minimum absolute atomic E-state index is 0.0636. The van der Waals surface area contributed by atoms with Gasteiger partial charge < -0.3 is 5.73 Å². The fourth-order valence-electron chi connectivity index (χ4n) is 2.12. The number of benzene rings is 1. The highest BCUT2D eigenvalue weighted by Gasteiger charge is 2.23. The lowest BCUT2D eigenvalue weighted by Gasteiger charge is -2.35. The van der Waals surface area contributed by atoms with Crippen molar-refractivity contribution >= 4 is 11.6 Å². The lowest BCUT2D eigenvalue weighted by molar-refractivity contribution is 0.148. The first-order valence-electron chi connectivity index (χ1n) is 6.70. The van der Waals surface area contributed by atoms with E-state index in [1.807, 2.05) is 0 Å². The maximum atomic E-state index is 13.2. The van der Waals surface area contributed by atoms with Gasteiger partial charge in [0.25, 0.3) is 0 Å². The fraction of sp³-hybridized carbons (Fsp3) is 0.600. The summed E-state index contributed by atoms with van der Waals surface area (Å²) in [6.07, 6.45) is 0. The van der Waals surface area contributed by atoms with E-state index >= 15 is 0 Å². The number of nitrogens with two attached hydrogens (primary N) is 1. The Labute approximate surface area is 120 Å². The fourth-order valence-corrected chi connectivity index (χ4v) is 2.31. The summed E-state index contributed by atoms with van der Waals surface area (Å²) in [5.74, 6) is -0.372. The normalized spacial score (nSPS) is 13.9. The summed E-state index contributed by atoms with van der Waals surface area (Å²) in [7, 11) is 0. The molecule has 19 heavy (non-hydrogen) atoms. The van der Waals surface area contributed by atoms with Crippen molar-refractivity contribution < 1.29 is 4.39 Å². The Bertz CT molecular complexity index is 421. The summed E-state index contributed by atoms with van der Waals surface area (Å²) in [4.78, 5) is 2.33. The molecule has 0 radical (unpaired) electrons. The average Bonchev–Trinajstić information content (AvgIpc) is 2.38. The quantitative estimate of drug-likeness (QED) is 0.861. The molecule has 2 N–H and O–H groups in total. The topological polar surface area (TPSA) is 29.3 Å². The van der Waals surface area contributed by atoms with Crippen molar-refractivity contribution in [3.8, 4) is 0 Å². The molecule has 1 rings (SSSR count). The highest BCUT2D eigenvalue weighted by molar-refractivity contribution is 6.30. The molecule has 0 aliphatic rings. The van der Waals surface area contributed by atoms with E-state index in [0.29, 0.717) is 6.54 Å². The van der Waals surface area contributed by atoms with Crippen molar-refractivity contribution in [3.63, 3.8) is 0 Å². The van der Waals surface area contributed by atoms with Crippen molar-refractivity contribution in [2.75, 3.05) is 19.6 Å². The Balaban J connectivity index is 2.89. The predicted octanol–water partition coefficient (Wildman–Crippen LogP) is 3.85. The van der Waals surface area contributed by atoms with Crippen LogP contribution in [0.5, 0.6) is 0 Å². The zero-order valence-corrected chi connectivity index (χ0v) is 13.0. The van der Waals surface area contributed by atoms with Crippen LogP contribution in [0.25, 0.3) is 0 Å². The molecule has 0 amide bonds. The second kappa shape index (κ2) is 6.69. The van der Waals surface area contributed by atoms with Crippen molar-refractivity contribution in [1.82, 2.24) is 4.90 Å². The molecule has 0 heterocycles. The highest BCUT2D eigenvalue weighted by Crippen LogP contribution is 2.27. The van der Waals surface area contributed by atoms with Crippen LogP contribution in [-0.4, -0.2) is 24.5 Å². The Morgan fingerprint density at radius 2 is 2.05 bits per heavy atom. The van der Waals surface area contributed by atoms with Crippen LogP contribution in [0.2, 0.25) is 5.02 Å². The van der Waals surface area contributed by atoms with Crippen molar-refractivity contribution in [3.05, 3.63) is 34.6 Å². The first-order chi connectivity index (χ1) is 8.80. The maximum Gasteiger partial charge on any atom is 0.141 e. The van der Waals surface area contributed by atoms with E-state index in [9.17, 15) is 4.39 Å². The molecule has 1 aromatic carbocycles. The second-order valence-corrected chi connectivity index (χ2v) is 6.19. The molecule has 1 unspecified atom stereocenters. The molecule has 0 aliphatic carbocycles. The molecular weight excluding hydrogens is 263 g/mol. The van der Waals surface area contributed by atoms with Gasteiger partial charge in [0, 0.05) is 12.6 Å². The van der Waals surface area contributed by atoms with Gasteiger partial charge in [-0.3, -0.25) is 4.90 Å². The van der Waals surface area contributed by atoms with Gasteiger partial charge in [0.15, 0.2) is 0 Å². The van der Waals surface area contributed by atoms with E-state index < -0.39 is 0 Å². The maximum absolute atomic E-state index is 13.2. The summed E-state index contributed by atoms with van der Waals surface area (Å²) in [5.41, 5.74) is 6.89. The number of nitrogens with zero attached hydrogens (tertiary/aromatic N) is 1. The second-order valence-electron chi connectivity index (χ2n) is 5.78. The van der Waals surface area contributed by atoms with Gasteiger partial charge in [-0.1, -0.05) is 38.4 Å². The molecule has 4 heteroatoms. The first-order valence-corrected chi connectivity index (χ1v) is 7.07. The Kier molecular flexibility index (Phi) is 5.78. The third-order valence-corrected chi connectivity index (χ3v) is 3.85. The van der Waals surface area contributed by atoms with Crippen LogP contribution in [0.1, 0.15) is 39.3 Å². The van der Waals surface area contributed by atoms with Crippen molar-refractivity contribution in [1.29, 1.82) is 0 Å².